The molecule has 1 spiro atoms. The third-order valence-electron chi connectivity index (χ3n) is 4.09. The van der Waals surface area contributed by atoms with Crippen LogP contribution in [0.3, 0.4) is 0 Å². The second-order valence-corrected chi connectivity index (χ2v) is 5.30. The van der Waals surface area contributed by atoms with E-state index >= 15 is 0 Å². The molecule has 0 bridgehead atoms. The maximum Gasteiger partial charge on any atom is 0.0697 e. The van der Waals surface area contributed by atoms with Crippen LogP contribution in [0.4, 0.5) is 0 Å². The average Bonchev–Trinajstić information content (AvgIpc) is 2.27. The van der Waals surface area contributed by atoms with E-state index < -0.39 is 0 Å². The van der Waals surface area contributed by atoms with Gasteiger partial charge in [-0.1, -0.05) is 6.92 Å². The molecule has 0 radical (unpaired) electrons. The van der Waals surface area contributed by atoms with Gasteiger partial charge in [0.2, 0.25) is 0 Å². The predicted octanol–water partition coefficient (Wildman–Crippen LogP) is 2.10. The Morgan fingerprint density at radius 2 is 2.31 bits per heavy atom. The summed E-state index contributed by atoms with van der Waals surface area (Å²) in [7, 11) is 1.78. The molecule has 1 saturated carbocycles. The first-order chi connectivity index (χ1) is 7.78. The van der Waals surface area contributed by atoms with Crippen LogP contribution in [0.2, 0.25) is 0 Å². The molecule has 2 fully saturated rings. The van der Waals surface area contributed by atoms with Crippen molar-refractivity contribution in [3.63, 3.8) is 0 Å². The minimum absolute atomic E-state index is 0.251. The Bertz CT molecular complexity index is 216. The van der Waals surface area contributed by atoms with Crippen LogP contribution in [0.1, 0.15) is 45.4 Å². The lowest BCUT2D eigenvalue weighted by Gasteiger charge is -2.47. The molecule has 1 N–H and O–H groups in total. The molecule has 1 aliphatic carbocycles. The zero-order valence-electron chi connectivity index (χ0n) is 10.6. The molecule has 0 amide bonds. The first-order valence-corrected chi connectivity index (χ1v) is 6.67. The molecule has 2 rings (SSSR count). The normalized spacial score (nSPS) is 30.0. The number of hydrogen-bond acceptors (Lipinski definition) is 3. The highest BCUT2D eigenvalue weighted by Crippen LogP contribution is 2.42. The summed E-state index contributed by atoms with van der Waals surface area (Å²) >= 11 is 0. The van der Waals surface area contributed by atoms with Crippen molar-refractivity contribution >= 4 is 0 Å². The Morgan fingerprint density at radius 3 is 2.88 bits per heavy atom. The zero-order chi connectivity index (χ0) is 11.4. The molecular formula is C13H25NO2. The van der Waals surface area contributed by atoms with Gasteiger partial charge in [-0.25, -0.2) is 0 Å². The van der Waals surface area contributed by atoms with E-state index in [-0.39, 0.29) is 5.60 Å². The van der Waals surface area contributed by atoms with Gasteiger partial charge in [-0.05, 0) is 38.5 Å². The largest absolute Gasteiger partial charge is 0.383 e. The van der Waals surface area contributed by atoms with Crippen molar-refractivity contribution in [3.05, 3.63) is 0 Å². The van der Waals surface area contributed by atoms with Gasteiger partial charge in [0.1, 0.15) is 0 Å². The Hall–Kier alpha value is -0.120. The lowest BCUT2D eigenvalue weighted by atomic mass is 9.74. The fourth-order valence-electron chi connectivity index (χ4n) is 2.91. The second-order valence-electron chi connectivity index (χ2n) is 5.30. The SMILES string of the molecule is CCC(COC)NC1CCOC2(CCC2)C1. The molecule has 0 aromatic rings. The highest BCUT2D eigenvalue weighted by Gasteiger charge is 2.42. The molecule has 1 saturated heterocycles. The van der Waals surface area contributed by atoms with Crippen LogP contribution in [0.25, 0.3) is 0 Å². The number of methoxy groups -OCH3 is 1. The van der Waals surface area contributed by atoms with Crippen LogP contribution in [0.15, 0.2) is 0 Å². The van der Waals surface area contributed by atoms with Crippen molar-refractivity contribution in [2.24, 2.45) is 0 Å². The van der Waals surface area contributed by atoms with Crippen LogP contribution in [-0.2, 0) is 9.47 Å². The molecule has 3 nitrogen and oxygen atoms in total. The van der Waals surface area contributed by atoms with Gasteiger partial charge in [0.25, 0.3) is 0 Å². The maximum atomic E-state index is 5.94. The van der Waals surface area contributed by atoms with Crippen molar-refractivity contribution in [3.8, 4) is 0 Å². The summed E-state index contributed by atoms with van der Waals surface area (Å²) in [5, 5.41) is 3.72. The summed E-state index contributed by atoms with van der Waals surface area (Å²) < 4.78 is 11.2. The highest BCUT2D eigenvalue weighted by atomic mass is 16.5. The molecule has 16 heavy (non-hydrogen) atoms. The van der Waals surface area contributed by atoms with Crippen LogP contribution in [-0.4, -0.2) is 38.0 Å². The number of rotatable bonds is 5. The van der Waals surface area contributed by atoms with E-state index in [0.29, 0.717) is 12.1 Å². The predicted molar refractivity (Wildman–Crippen MR) is 64.6 cm³/mol. The van der Waals surface area contributed by atoms with E-state index in [1.165, 1.54) is 25.7 Å². The van der Waals surface area contributed by atoms with Crippen molar-refractivity contribution in [2.45, 2.75) is 63.1 Å². The molecular weight excluding hydrogens is 202 g/mol. The van der Waals surface area contributed by atoms with Crippen LogP contribution in [0.5, 0.6) is 0 Å². The summed E-state index contributed by atoms with van der Waals surface area (Å²) in [6.45, 7) is 3.97. The molecule has 3 heteroatoms. The second kappa shape index (κ2) is 5.48. The molecule has 2 unspecified atom stereocenters. The molecule has 2 aliphatic rings. The van der Waals surface area contributed by atoms with E-state index in [9.17, 15) is 0 Å². The summed E-state index contributed by atoms with van der Waals surface area (Å²) in [5.74, 6) is 0. The summed E-state index contributed by atoms with van der Waals surface area (Å²) in [5.41, 5.74) is 0.251. The van der Waals surface area contributed by atoms with E-state index in [1.54, 1.807) is 7.11 Å². The highest BCUT2D eigenvalue weighted by molar-refractivity contribution is 4.96. The van der Waals surface area contributed by atoms with Crippen LogP contribution >= 0.6 is 0 Å². The minimum Gasteiger partial charge on any atom is -0.383 e. The van der Waals surface area contributed by atoms with Crippen molar-refractivity contribution < 1.29 is 9.47 Å². The van der Waals surface area contributed by atoms with Gasteiger partial charge in [0.15, 0.2) is 0 Å². The fourth-order valence-corrected chi connectivity index (χ4v) is 2.91. The Labute approximate surface area is 98.9 Å². The van der Waals surface area contributed by atoms with Gasteiger partial charge in [-0.3, -0.25) is 0 Å². The summed E-state index contributed by atoms with van der Waals surface area (Å²) in [6.07, 6.45) is 7.38. The van der Waals surface area contributed by atoms with Gasteiger partial charge in [0, 0.05) is 25.8 Å². The molecule has 0 aromatic carbocycles. The van der Waals surface area contributed by atoms with Gasteiger partial charge >= 0.3 is 0 Å². The first-order valence-electron chi connectivity index (χ1n) is 6.67. The van der Waals surface area contributed by atoms with E-state index in [4.69, 9.17) is 9.47 Å². The lowest BCUT2D eigenvalue weighted by Crippen LogP contribution is -2.53. The van der Waals surface area contributed by atoms with Crippen molar-refractivity contribution in [1.29, 1.82) is 0 Å². The average molecular weight is 227 g/mol. The van der Waals surface area contributed by atoms with Gasteiger partial charge < -0.3 is 14.8 Å². The minimum atomic E-state index is 0.251. The van der Waals surface area contributed by atoms with E-state index in [1.807, 2.05) is 0 Å². The Morgan fingerprint density at radius 1 is 1.50 bits per heavy atom. The van der Waals surface area contributed by atoms with Gasteiger partial charge in [-0.15, -0.1) is 0 Å². The molecule has 1 heterocycles. The third-order valence-corrected chi connectivity index (χ3v) is 4.09. The molecule has 94 valence electrons. The lowest BCUT2D eigenvalue weighted by molar-refractivity contribution is -0.136. The molecule has 0 aromatic heterocycles. The molecule has 1 aliphatic heterocycles. The summed E-state index contributed by atoms with van der Waals surface area (Å²) in [6, 6.07) is 1.14. The quantitative estimate of drug-likeness (QED) is 0.780. The Kier molecular flexibility index (Phi) is 4.22. The van der Waals surface area contributed by atoms with Crippen LogP contribution in [0, 0.1) is 0 Å². The summed E-state index contributed by atoms with van der Waals surface area (Å²) in [4.78, 5) is 0. The smallest absolute Gasteiger partial charge is 0.0697 e. The van der Waals surface area contributed by atoms with Crippen molar-refractivity contribution in [1.82, 2.24) is 5.32 Å². The van der Waals surface area contributed by atoms with Gasteiger partial charge in [-0.2, -0.15) is 0 Å². The van der Waals surface area contributed by atoms with E-state index in [2.05, 4.69) is 12.2 Å². The topological polar surface area (TPSA) is 30.5 Å². The number of ether oxygens (including phenoxy) is 2. The van der Waals surface area contributed by atoms with E-state index in [0.717, 1.165) is 26.1 Å². The van der Waals surface area contributed by atoms with Crippen LogP contribution < -0.4 is 5.32 Å². The van der Waals surface area contributed by atoms with Crippen molar-refractivity contribution in [2.75, 3.05) is 20.3 Å². The molecule has 2 atom stereocenters. The number of hydrogen-bond donors (Lipinski definition) is 1. The maximum absolute atomic E-state index is 5.94. The zero-order valence-corrected chi connectivity index (χ0v) is 10.6. The fraction of sp³-hybridized carbons (Fsp3) is 1.00. The standard InChI is InChI=1S/C13H25NO2/c1-3-11(10-15-2)14-12-5-8-16-13(9-12)6-4-7-13/h11-12,14H,3-10H2,1-2H3. The van der Waals surface area contributed by atoms with Gasteiger partial charge in [0.05, 0.1) is 12.2 Å². The monoisotopic (exact) mass is 227 g/mol. The third kappa shape index (κ3) is 2.76. The first kappa shape index (κ1) is 12.3. The Balaban J connectivity index is 1.80. The number of nitrogens with one attached hydrogen (secondary N) is 1.